The first-order valence-electron chi connectivity index (χ1n) is 6.39. The normalized spacial score (nSPS) is 11.6. The molecule has 1 heterocycles. The number of nitrogens with zero attached hydrogens (tertiary/aromatic N) is 3. The van der Waals surface area contributed by atoms with Crippen LogP contribution in [-0.4, -0.2) is 36.1 Å². The molecule has 22 heavy (non-hydrogen) atoms. The first-order chi connectivity index (χ1) is 10.2. The van der Waals surface area contributed by atoms with Gasteiger partial charge in [-0.2, -0.15) is 8.42 Å². The Morgan fingerprint density at radius 2 is 1.86 bits per heavy atom. The average Bonchev–Trinajstić information content (AvgIpc) is 2.67. The van der Waals surface area contributed by atoms with Gasteiger partial charge in [0.25, 0.3) is 5.56 Å². The van der Waals surface area contributed by atoms with E-state index in [9.17, 15) is 13.2 Å². The summed E-state index contributed by atoms with van der Waals surface area (Å²) >= 11 is 0. The summed E-state index contributed by atoms with van der Waals surface area (Å²) in [6, 6.07) is 9.06. The summed E-state index contributed by atoms with van der Waals surface area (Å²) in [5.41, 5.74) is 1.30. The fourth-order valence-electron chi connectivity index (χ4n) is 2.20. The maximum Gasteiger partial charge on any atom is 0.399 e. The first-order valence-corrected chi connectivity index (χ1v) is 7.76. The molecule has 1 aromatic heterocycles. The van der Waals surface area contributed by atoms with Crippen LogP contribution in [0.3, 0.4) is 0 Å². The van der Waals surface area contributed by atoms with Crippen molar-refractivity contribution in [1.82, 2.24) is 9.36 Å². The van der Waals surface area contributed by atoms with Crippen molar-refractivity contribution in [3.63, 3.8) is 0 Å². The van der Waals surface area contributed by atoms with Crippen molar-refractivity contribution < 1.29 is 17.2 Å². The molecule has 0 aliphatic heterocycles. The Balaban J connectivity index is 2.45. The predicted molar refractivity (Wildman–Crippen MR) is 81.7 cm³/mol. The van der Waals surface area contributed by atoms with Crippen LogP contribution in [0.2, 0.25) is 0 Å². The van der Waals surface area contributed by atoms with E-state index < -0.39 is 17.1 Å². The molecule has 0 saturated carbocycles. The van der Waals surface area contributed by atoms with Crippen LogP contribution in [0.1, 0.15) is 5.69 Å². The van der Waals surface area contributed by atoms with Crippen molar-refractivity contribution in [3.8, 4) is 5.69 Å². The highest BCUT2D eigenvalue weighted by Crippen LogP contribution is 2.17. The molecule has 0 fully saturated rings. The Morgan fingerprint density at radius 1 is 1.27 bits per heavy atom. The predicted octanol–water partition coefficient (Wildman–Crippen LogP) is 0.698. The molecule has 0 bridgehead atoms. The van der Waals surface area contributed by atoms with Gasteiger partial charge >= 0.3 is 10.4 Å². The minimum atomic E-state index is -4.57. The standard InChI is InChI=1S/C13H17N3O5S/c1-10-12(14(2)9-21-22(18,19)20)13(17)16(15(10)3)11-7-5-4-6-8-11/h4-8H,9H2,1-3H3,(H,18,19,20). The van der Waals surface area contributed by atoms with Crippen LogP contribution in [0.15, 0.2) is 35.1 Å². The highest BCUT2D eigenvalue weighted by atomic mass is 32.3. The smallest absolute Gasteiger partial charge is 0.344 e. The van der Waals surface area contributed by atoms with Crippen LogP contribution in [-0.2, 0) is 21.6 Å². The molecule has 8 nitrogen and oxygen atoms in total. The van der Waals surface area contributed by atoms with Gasteiger partial charge in [-0.3, -0.25) is 14.0 Å². The first kappa shape index (κ1) is 16.3. The summed E-state index contributed by atoms with van der Waals surface area (Å²) in [4.78, 5) is 13.9. The monoisotopic (exact) mass is 327 g/mol. The average molecular weight is 327 g/mol. The number of hydrogen-bond acceptors (Lipinski definition) is 5. The van der Waals surface area contributed by atoms with E-state index in [1.54, 1.807) is 30.8 Å². The van der Waals surface area contributed by atoms with E-state index in [0.29, 0.717) is 11.4 Å². The lowest BCUT2D eigenvalue weighted by molar-refractivity contribution is 0.271. The lowest BCUT2D eigenvalue weighted by atomic mass is 10.3. The fourth-order valence-corrected chi connectivity index (χ4v) is 2.50. The van der Waals surface area contributed by atoms with Crippen LogP contribution in [0.5, 0.6) is 0 Å². The summed E-state index contributed by atoms with van der Waals surface area (Å²) in [5.74, 6) is 0. The number of benzene rings is 1. The van der Waals surface area contributed by atoms with Crippen molar-refractivity contribution in [2.45, 2.75) is 6.92 Å². The van der Waals surface area contributed by atoms with Crippen molar-refractivity contribution in [3.05, 3.63) is 46.4 Å². The van der Waals surface area contributed by atoms with Gasteiger partial charge in [-0.1, -0.05) is 18.2 Å². The molecule has 0 aliphatic carbocycles. The van der Waals surface area contributed by atoms with Crippen molar-refractivity contribution in [2.75, 3.05) is 18.7 Å². The minimum absolute atomic E-state index is 0.287. The molecule has 2 aromatic rings. The summed E-state index contributed by atoms with van der Waals surface area (Å²) in [6.07, 6.45) is 0. The highest BCUT2D eigenvalue weighted by Gasteiger charge is 2.20. The Bertz CT molecular complexity index is 823. The quantitative estimate of drug-likeness (QED) is 0.642. The van der Waals surface area contributed by atoms with Gasteiger partial charge < -0.3 is 4.90 Å². The largest absolute Gasteiger partial charge is 0.399 e. The molecule has 0 saturated heterocycles. The van der Waals surface area contributed by atoms with Gasteiger partial charge in [0.15, 0.2) is 0 Å². The molecule has 0 spiro atoms. The van der Waals surface area contributed by atoms with Gasteiger partial charge in [0.05, 0.1) is 11.4 Å². The van der Waals surface area contributed by atoms with Gasteiger partial charge in [0.2, 0.25) is 0 Å². The van der Waals surface area contributed by atoms with E-state index in [1.807, 2.05) is 18.2 Å². The van der Waals surface area contributed by atoms with E-state index in [4.69, 9.17) is 4.55 Å². The molecular formula is C13H17N3O5S. The zero-order valence-electron chi connectivity index (χ0n) is 12.4. The van der Waals surface area contributed by atoms with Crippen LogP contribution >= 0.6 is 0 Å². The Hall–Kier alpha value is -2.10. The second-order valence-electron chi connectivity index (χ2n) is 4.78. The van der Waals surface area contributed by atoms with Crippen molar-refractivity contribution in [2.24, 2.45) is 7.05 Å². The van der Waals surface area contributed by atoms with Gasteiger partial charge in [-0.25, -0.2) is 8.86 Å². The molecule has 9 heteroatoms. The van der Waals surface area contributed by atoms with E-state index >= 15 is 0 Å². The van der Waals surface area contributed by atoms with E-state index in [0.717, 1.165) is 0 Å². The van der Waals surface area contributed by atoms with Crippen molar-refractivity contribution >= 4 is 16.1 Å². The molecule has 1 aromatic carbocycles. The molecular weight excluding hydrogens is 310 g/mol. The topological polar surface area (TPSA) is 93.8 Å². The van der Waals surface area contributed by atoms with Crippen molar-refractivity contribution in [1.29, 1.82) is 0 Å². The molecule has 2 rings (SSSR count). The van der Waals surface area contributed by atoms with Crippen LogP contribution < -0.4 is 10.5 Å². The summed E-state index contributed by atoms with van der Waals surface area (Å²) < 4.78 is 37.4. The third kappa shape index (κ3) is 3.21. The van der Waals surface area contributed by atoms with Crippen LogP contribution in [0, 0.1) is 6.92 Å². The summed E-state index contributed by atoms with van der Waals surface area (Å²) in [5, 5.41) is 0. The van der Waals surface area contributed by atoms with E-state index in [2.05, 4.69) is 4.18 Å². The van der Waals surface area contributed by atoms with Gasteiger partial charge in [-0.05, 0) is 19.1 Å². The Kier molecular flexibility index (Phi) is 4.40. The number of rotatable bonds is 5. The lowest BCUT2D eigenvalue weighted by Gasteiger charge is -2.15. The Labute approximate surface area is 128 Å². The Morgan fingerprint density at radius 3 is 2.41 bits per heavy atom. The second-order valence-corrected chi connectivity index (χ2v) is 5.87. The third-order valence-corrected chi connectivity index (χ3v) is 3.70. The minimum Gasteiger partial charge on any atom is -0.344 e. The number of aromatic nitrogens is 2. The molecule has 0 atom stereocenters. The maximum atomic E-state index is 12.6. The van der Waals surface area contributed by atoms with Gasteiger partial charge in [-0.15, -0.1) is 0 Å². The molecule has 0 unspecified atom stereocenters. The number of hydrogen-bond donors (Lipinski definition) is 1. The molecule has 1 N–H and O–H groups in total. The van der Waals surface area contributed by atoms with Crippen LogP contribution in [0.25, 0.3) is 5.69 Å². The summed E-state index contributed by atoms with van der Waals surface area (Å²) in [6.45, 7) is 1.27. The number of para-hydroxylation sites is 1. The van der Waals surface area contributed by atoms with Gasteiger partial charge in [0, 0.05) is 14.1 Å². The SMILES string of the molecule is Cc1c(N(C)COS(=O)(=O)O)c(=O)n(-c2ccccc2)n1C. The van der Waals surface area contributed by atoms with Gasteiger partial charge in [0.1, 0.15) is 12.4 Å². The zero-order chi connectivity index (χ0) is 16.5. The zero-order valence-corrected chi connectivity index (χ0v) is 13.2. The summed E-state index contributed by atoms with van der Waals surface area (Å²) in [7, 11) is -1.33. The molecule has 0 amide bonds. The maximum absolute atomic E-state index is 12.6. The third-order valence-electron chi connectivity index (χ3n) is 3.30. The van der Waals surface area contributed by atoms with Crippen LogP contribution in [0.4, 0.5) is 5.69 Å². The molecule has 0 radical (unpaired) electrons. The molecule has 0 aliphatic rings. The van der Waals surface area contributed by atoms with E-state index in [1.165, 1.54) is 16.6 Å². The fraction of sp³-hybridized carbons (Fsp3) is 0.308. The van der Waals surface area contributed by atoms with E-state index in [-0.39, 0.29) is 11.2 Å². The highest BCUT2D eigenvalue weighted by molar-refractivity contribution is 7.80. The number of anilines is 1. The second kappa shape index (κ2) is 5.95. The molecule has 120 valence electrons. The lowest BCUT2D eigenvalue weighted by Crippen LogP contribution is -2.29.